The summed E-state index contributed by atoms with van der Waals surface area (Å²) in [6, 6.07) is 4.71. The summed E-state index contributed by atoms with van der Waals surface area (Å²) in [6.07, 6.45) is 4.37. The van der Waals surface area contributed by atoms with E-state index in [1.807, 2.05) is 0 Å². The zero-order valence-electron chi connectivity index (χ0n) is 19.1. The lowest BCUT2D eigenvalue weighted by atomic mass is 9.90. The van der Waals surface area contributed by atoms with Crippen LogP contribution in [0.3, 0.4) is 0 Å². The van der Waals surface area contributed by atoms with Gasteiger partial charge in [-0.2, -0.15) is 0 Å². The number of ether oxygens (including phenoxy) is 2. The van der Waals surface area contributed by atoms with Crippen LogP contribution >= 0.6 is 34.8 Å². The monoisotopic (exact) mass is 539 g/mol. The molecule has 1 amide bonds. The first-order valence-electron chi connectivity index (χ1n) is 11.1. The predicted octanol–water partition coefficient (Wildman–Crippen LogP) is 6.12. The van der Waals surface area contributed by atoms with E-state index in [2.05, 4.69) is 0 Å². The summed E-state index contributed by atoms with van der Waals surface area (Å²) in [7, 11) is 2.74. The molecule has 1 aliphatic carbocycles. The Bertz CT molecular complexity index is 1220. The van der Waals surface area contributed by atoms with Gasteiger partial charge in [0.25, 0.3) is 11.7 Å². The van der Waals surface area contributed by atoms with Crippen LogP contribution in [0, 0.1) is 0 Å². The van der Waals surface area contributed by atoms with Crippen molar-refractivity contribution in [3.8, 4) is 17.2 Å². The fourth-order valence-electron chi connectivity index (χ4n) is 4.90. The van der Waals surface area contributed by atoms with E-state index in [0.717, 1.165) is 32.1 Å². The average molecular weight is 541 g/mol. The molecule has 1 saturated heterocycles. The van der Waals surface area contributed by atoms with Crippen molar-refractivity contribution in [3.05, 3.63) is 56.0 Å². The topological polar surface area (TPSA) is 96.3 Å². The van der Waals surface area contributed by atoms with Gasteiger partial charge in [0, 0.05) is 6.04 Å². The highest BCUT2D eigenvalue weighted by atomic mass is 35.5. The largest absolute Gasteiger partial charge is 0.507 e. The Morgan fingerprint density at radius 1 is 0.971 bits per heavy atom. The first-order valence-corrected chi connectivity index (χ1v) is 12.2. The van der Waals surface area contributed by atoms with Crippen LogP contribution in [0.1, 0.15) is 49.3 Å². The SMILES string of the molecule is COc1c(Cl)cc(/C(O)=C2\C(=O)C(=O)N(C3CCCCC3)C2c2ccc(O)c(Cl)c2)c(OC)c1Cl. The minimum Gasteiger partial charge on any atom is -0.507 e. The van der Waals surface area contributed by atoms with Gasteiger partial charge < -0.3 is 24.6 Å². The third kappa shape index (κ3) is 4.41. The van der Waals surface area contributed by atoms with Gasteiger partial charge in [0.1, 0.15) is 16.5 Å². The van der Waals surface area contributed by atoms with Crippen LogP contribution in [0.4, 0.5) is 0 Å². The quantitative estimate of drug-likeness (QED) is 0.269. The van der Waals surface area contributed by atoms with Gasteiger partial charge in [0.15, 0.2) is 11.5 Å². The number of carbonyl (C=O) groups is 2. The van der Waals surface area contributed by atoms with Gasteiger partial charge in [0.05, 0.1) is 41.4 Å². The third-order valence-corrected chi connectivity index (χ3v) is 7.46. The third-order valence-electron chi connectivity index (χ3n) is 6.53. The lowest BCUT2D eigenvalue weighted by molar-refractivity contribution is -0.141. The van der Waals surface area contributed by atoms with Crippen molar-refractivity contribution in [3.63, 3.8) is 0 Å². The van der Waals surface area contributed by atoms with Crippen molar-refractivity contribution in [1.29, 1.82) is 0 Å². The molecule has 0 radical (unpaired) electrons. The Balaban J connectivity index is 1.97. The van der Waals surface area contributed by atoms with E-state index in [9.17, 15) is 19.8 Å². The molecule has 1 atom stereocenters. The number of aliphatic hydroxyl groups excluding tert-OH is 1. The Labute approximate surface area is 217 Å². The zero-order chi connectivity index (χ0) is 25.4. The number of amides is 1. The standard InChI is InChI=1S/C25H24Cl3NO6/c1-34-23-14(11-16(27)24(35-2)19(23)28)21(31)18-20(12-8-9-17(30)15(26)10-12)29(25(33)22(18)32)13-6-4-3-5-7-13/h8-11,13,20,30-31H,3-7H2,1-2H3/b21-18+. The Kier molecular flexibility index (Phi) is 7.40. The maximum Gasteiger partial charge on any atom is 0.295 e. The molecule has 2 fully saturated rings. The van der Waals surface area contributed by atoms with Gasteiger partial charge >= 0.3 is 0 Å². The second-order valence-corrected chi connectivity index (χ2v) is 9.69. The second kappa shape index (κ2) is 10.2. The molecule has 1 saturated carbocycles. The van der Waals surface area contributed by atoms with Crippen LogP contribution in [0.25, 0.3) is 5.76 Å². The number of benzene rings is 2. The van der Waals surface area contributed by atoms with Gasteiger partial charge in [-0.25, -0.2) is 0 Å². The fourth-order valence-corrected chi connectivity index (χ4v) is 5.77. The van der Waals surface area contributed by atoms with Crippen molar-refractivity contribution in [2.75, 3.05) is 14.2 Å². The lowest BCUT2D eigenvalue weighted by Crippen LogP contribution is -2.40. The van der Waals surface area contributed by atoms with E-state index in [1.165, 1.54) is 37.3 Å². The number of Topliss-reactive ketones (excluding diaryl/α,β-unsaturated/α-hetero) is 1. The molecule has 2 aromatic rings. The number of hydrogen-bond donors (Lipinski definition) is 2. The summed E-state index contributed by atoms with van der Waals surface area (Å²) in [6.45, 7) is 0. The van der Waals surface area contributed by atoms with Crippen LogP contribution in [0.15, 0.2) is 29.8 Å². The highest BCUT2D eigenvalue weighted by molar-refractivity contribution is 6.47. The first kappa shape index (κ1) is 25.5. The van der Waals surface area contributed by atoms with Crippen molar-refractivity contribution in [1.82, 2.24) is 4.90 Å². The molecule has 2 N–H and O–H groups in total. The zero-order valence-corrected chi connectivity index (χ0v) is 21.4. The van der Waals surface area contributed by atoms with Crippen LogP contribution < -0.4 is 9.47 Å². The van der Waals surface area contributed by atoms with Crippen molar-refractivity contribution >= 4 is 52.3 Å². The molecule has 10 heteroatoms. The van der Waals surface area contributed by atoms with E-state index in [0.29, 0.717) is 5.56 Å². The van der Waals surface area contributed by atoms with Gasteiger partial charge in [-0.3, -0.25) is 9.59 Å². The predicted molar refractivity (Wildman–Crippen MR) is 134 cm³/mol. The summed E-state index contributed by atoms with van der Waals surface area (Å²) < 4.78 is 10.6. The minimum atomic E-state index is -0.930. The van der Waals surface area contributed by atoms with Crippen molar-refractivity contribution < 1.29 is 29.3 Å². The van der Waals surface area contributed by atoms with Gasteiger partial charge in [-0.15, -0.1) is 0 Å². The smallest absolute Gasteiger partial charge is 0.295 e. The number of rotatable bonds is 5. The molecule has 186 valence electrons. The summed E-state index contributed by atoms with van der Waals surface area (Å²) in [4.78, 5) is 28.2. The molecular formula is C25H24Cl3NO6. The van der Waals surface area contributed by atoms with Crippen LogP contribution in [0.2, 0.25) is 15.1 Å². The van der Waals surface area contributed by atoms with Crippen LogP contribution in [-0.2, 0) is 9.59 Å². The van der Waals surface area contributed by atoms with E-state index in [1.54, 1.807) is 6.07 Å². The number of aromatic hydroxyl groups is 1. The molecule has 0 spiro atoms. The minimum absolute atomic E-state index is 0.00906. The number of ketones is 1. The molecular weight excluding hydrogens is 517 g/mol. The Morgan fingerprint density at radius 2 is 1.63 bits per heavy atom. The second-order valence-electron chi connectivity index (χ2n) is 8.50. The molecule has 1 unspecified atom stereocenters. The molecule has 1 heterocycles. The highest BCUT2D eigenvalue weighted by Crippen LogP contribution is 2.48. The summed E-state index contributed by atoms with van der Waals surface area (Å²) in [5, 5.41) is 21.6. The number of aliphatic hydroxyl groups is 1. The molecule has 0 aromatic heterocycles. The number of hydrogen-bond acceptors (Lipinski definition) is 6. The summed E-state index contributed by atoms with van der Waals surface area (Å²) in [5.41, 5.74) is 0.376. The first-order chi connectivity index (χ1) is 16.7. The molecule has 4 rings (SSSR count). The molecule has 1 aliphatic heterocycles. The molecule has 2 aliphatic rings. The summed E-state index contributed by atoms with van der Waals surface area (Å²) in [5.74, 6) is -1.99. The molecule has 2 aromatic carbocycles. The molecule has 35 heavy (non-hydrogen) atoms. The maximum absolute atomic E-state index is 13.4. The number of nitrogens with zero attached hydrogens (tertiary/aromatic N) is 1. The normalized spacial score (nSPS) is 20.4. The van der Waals surface area contributed by atoms with Gasteiger partial charge in [-0.05, 0) is 36.6 Å². The van der Waals surface area contributed by atoms with E-state index in [4.69, 9.17) is 44.3 Å². The van der Waals surface area contributed by atoms with Crippen molar-refractivity contribution in [2.24, 2.45) is 0 Å². The number of phenolic OH excluding ortho intramolecular Hbond substituents is 1. The molecule has 0 bridgehead atoms. The van der Waals surface area contributed by atoms with E-state index < -0.39 is 23.5 Å². The highest BCUT2D eigenvalue weighted by Gasteiger charge is 2.49. The number of carbonyl (C=O) groups excluding carboxylic acids is 2. The summed E-state index contributed by atoms with van der Waals surface area (Å²) >= 11 is 18.9. The average Bonchev–Trinajstić information content (AvgIpc) is 3.11. The van der Waals surface area contributed by atoms with Crippen LogP contribution in [0.5, 0.6) is 17.2 Å². The Hall–Kier alpha value is -2.61. The number of halogens is 3. The molecule has 7 nitrogen and oxygen atoms in total. The maximum atomic E-state index is 13.4. The number of phenols is 1. The van der Waals surface area contributed by atoms with Crippen molar-refractivity contribution in [2.45, 2.75) is 44.2 Å². The van der Waals surface area contributed by atoms with Gasteiger partial charge in [0.2, 0.25) is 0 Å². The van der Waals surface area contributed by atoms with E-state index in [-0.39, 0.29) is 49.5 Å². The van der Waals surface area contributed by atoms with E-state index >= 15 is 0 Å². The lowest BCUT2D eigenvalue weighted by Gasteiger charge is -2.35. The fraction of sp³-hybridized carbons (Fsp3) is 0.360. The van der Waals surface area contributed by atoms with Crippen LogP contribution in [-0.4, -0.2) is 47.1 Å². The number of likely N-dealkylation sites (tertiary alicyclic amines) is 1. The Morgan fingerprint density at radius 3 is 2.23 bits per heavy atom. The van der Waals surface area contributed by atoms with Gasteiger partial charge in [-0.1, -0.05) is 60.1 Å². The number of methoxy groups -OCH3 is 2.